The lowest BCUT2D eigenvalue weighted by Crippen LogP contribution is -2.48. The van der Waals surface area contributed by atoms with Gasteiger partial charge in [-0.15, -0.1) is 0 Å². The Hall–Kier alpha value is -2.07. The molecule has 0 spiro atoms. The first-order chi connectivity index (χ1) is 10.2. The van der Waals surface area contributed by atoms with Crippen molar-refractivity contribution in [3.8, 4) is 0 Å². The van der Waals surface area contributed by atoms with E-state index in [1.807, 2.05) is 53.8 Å². The molecule has 4 heteroatoms. The predicted molar refractivity (Wildman–Crippen MR) is 83.2 cm³/mol. The minimum Gasteiger partial charge on any atom is -0.344 e. The smallest absolute Gasteiger partial charge is 0.270 e. The van der Waals surface area contributed by atoms with Gasteiger partial charge >= 0.3 is 0 Å². The molecule has 2 heterocycles. The van der Waals surface area contributed by atoms with Gasteiger partial charge in [0.1, 0.15) is 5.69 Å². The van der Waals surface area contributed by atoms with E-state index in [4.69, 9.17) is 0 Å². The maximum atomic E-state index is 12.7. The van der Waals surface area contributed by atoms with Crippen LogP contribution in [0, 0.1) is 6.92 Å². The van der Waals surface area contributed by atoms with Crippen molar-refractivity contribution < 1.29 is 4.79 Å². The third kappa shape index (κ3) is 2.72. The van der Waals surface area contributed by atoms with E-state index in [1.54, 1.807) is 0 Å². The van der Waals surface area contributed by atoms with Crippen LogP contribution in [-0.2, 0) is 7.05 Å². The van der Waals surface area contributed by atoms with E-state index in [0.29, 0.717) is 6.54 Å². The molecule has 1 amide bonds. The van der Waals surface area contributed by atoms with Gasteiger partial charge in [-0.1, -0.05) is 30.3 Å². The van der Waals surface area contributed by atoms with Gasteiger partial charge in [-0.2, -0.15) is 0 Å². The number of hydrogen-bond donors (Lipinski definition) is 1. The summed E-state index contributed by atoms with van der Waals surface area (Å²) in [4.78, 5) is 14.6. The Bertz CT molecular complexity index is 633. The van der Waals surface area contributed by atoms with Gasteiger partial charge in [0, 0.05) is 38.4 Å². The average Bonchev–Trinajstić information content (AvgIpc) is 2.87. The summed E-state index contributed by atoms with van der Waals surface area (Å²) < 4.78 is 1.96. The fourth-order valence-corrected chi connectivity index (χ4v) is 2.83. The first kappa shape index (κ1) is 13.9. The highest BCUT2D eigenvalue weighted by molar-refractivity contribution is 5.93. The van der Waals surface area contributed by atoms with Crippen LogP contribution in [0.1, 0.15) is 27.8 Å². The van der Waals surface area contributed by atoms with E-state index in [1.165, 1.54) is 5.56 Å². The molecule has 1 atom stereocenters. The number of carbonyl (C=O) groups excluding carboxylic acids is 1. The van der Waals surface area contributed by atoms with Crippen molar-refractivity contribution >= 4 is 5.91 Å². The lowest BCUT2D eigenvalue weighted by atomic mass is 10.0. The quantitative estimate of drug-likeness (QED) is 0.916. The number of piperazine rings is 1. The Kier molecular flexibility index (Phi) is 3.80. The molecule has 1 fully saturated rings. The standard InChI is InChI=1S/C17H21N3O/c1-13-8-9-16(19(13)2)17(21)20-11-10-18-15(12-20)14-6-4-3-5-7-14/h3-9,15,18H,10-12H2,1-2H3/t15-/m0/s1. The van der Waals surface area contributed by atoms with Gasteiger partial charge in [0.25, 0.3) is 5.91 Å². The van der Waals surface area contributed by atoms with Crippen LogP contribution < -0.4 is 5.32 Å². The van der Waals surface area contributed by atoms with Crippen LogP contribution in [0.3, 0.4) is 0 Å². The molecule has 2 aromatic rings. The highest BCUT2D eigenvalue weighted by Crippen LogP contribution is 2.19. The molecule has 0 saturated carbocycles. The molecule has 21 heavy (non-hydrogen) atoms. The molecule has 4 nitrogen and oxygen atoms in total. The second-order valence-electron chi connectivity index (χ2n) is 5.59. The topological polar surface area (TPSA) is 37.3 Å². The molecule has 1 saturated heterocycles. The molecule has 0 aliphatic carbocycles. The van der Waals surface area contributed by atoms with Crippen molar-refractivity contribution in [2.24, 2.45) is 7.05 Å². The zero-order valence-corrected chi connectivity index (χ0v) is 12.5. The van der Waals surface area contributed by atoms with Crippen molar-refractivity contribution in [3.63, 3.8) is 0 Å². The third-order valence-corrected chi connectivity index (χ3v) is 4.26. The lowest BCUT2D eigenvalue weighted by Gasteiger charge is -2.34. The number of aromatic nitrogens is 1. The average molecular weight is 283 g/mol. The lowest BCUT2D eigenvalue weighted by molar-refractivity contribution is 0.0693. The Morgan fingerprint density at radius 1 is 1.19 bits per heavy atom. The summed E-state index contributed by atoms with van der Waals surface area (Å²) >= 11 is 0. The van der Waals surface area contributed by atoms with Crippen LogP contribution in [0.15, 0.2) is 42.5 Å². The second-order valence-corrected chi connectivity index (χ2v) is 5.59. The number of nitrogens with zero attached hydrogens (tertiary/aromatic N) is 2. The summed E-state index contributed by atoms with van der Waals surface area (Å²) in [6, 6.07) is 14.4. The first-order valence-electron chi connectivity index (χ1n) is 7.37. The van der Waals surface area contributed by atoms with Gasteiger partial charge in [0.15, 0.2) is 0 Å². The minimum atomic E-state index is 0.119. The summed E-state index contributed by atoms with van der Waals surface area (Å²) in [5, 5.41) is 3.49. The fraction of sp³-hybridized carbons (Fsp3) is 0.353. The molecule has 110 valence electrons. The summed E-state index contributed by atoms with van der Waals surface area (Å²) in [6.45, 7) is 4.31. The molecule has 0 unspecified atom stereocenters. The largest absolute Gasteiger partial charge is 0.344 e. The van der Waals surface area contributed by atoms with E-state index in [-0.39, 0.29) is 11.9 Å². The Morgan fingerprint density at radius 2 is 1.95 bits per heavy atom. The monoisotopic (exact) mass is 283 g/mol. The van der Waals surface area contributed by atoms with E-state index >= 15 is 0 Å². The molecule has 3 rings (SSSR count). The predicted octanol–water partition coefficient (Wildman–Crippen LogP) is 2.12. The summed E-state index contributed by atoms with van der Waals surface area (Å²) in [7, 11) is 1.94. The van der Waals surface area contributed by atoms with Crippen LogP contribution in [0.25, 0.3) is 0 Å². The zero-order valence-electron chi connectivity index (χ0n) is 12.5. The molecule has 0 radical (unpaired) electrons. The Labute approximate surface area is 125 Å². The van der Waals surface area contributed by atoms with Gasteiger partial charge in [-0.3, -0.25) is 4.79 Å². The maximum Gasteiger partial charge on any atom is 0.270 e. The van der Waals surface area contributed by atoms with Crippen molar-refractivity contribution in [3.05, 3.63) is 59.4 Å². The normalized spacial score (nSPS) is 18.8. The zero-order chi connectivity index (χ0) is 14.8. The molecule has 1 aromatic carbocycles. The maximum absolute atomic E-state index is 12.7. The number of benzene rings is 1. The number of aryl methyl sites for hydroxylation is 1. The van der Waals surface area contributed by atoms with E-state index in [9.17, 15) is 4.79 Å². The number of nitrogens with one attached hydrogen (secondary N) is 1. The molecule has 1 aromatic heterocycles. The highest BCUT2D eigenvalue weighted by atomic mass is 16.2. The first-order valence-corrected chi connectivity index (χ1v) is 7.37. The molecule has 0 bridgehead atoms. The van der Waals surface area contributed by atoms with Crippen LogP contribution in [0.2, 0.25) is 0 Å². The van der Waals surface area contributed by atoms with E-state index in [2.05, 4.69) is 17.4 Å². The van der Waals surface area contributed by atoms with Crippen molar-refractivity contribution in [1.29, 1.82) is 0 Å². The number of carbonyl (C=O) groups is 1. The molecular formula is C17H21N3O. The van der Waals surface area contributed by atoms with Gasteiger partial charge in [-0.25, -0.2) is 0 Å². The fourth-order valence-electron chi connectivity index (χ4n) is 2.83. The highest BCUT2D eigenvalue weighted by Gasteiger charge is 2.26. The number of hydrogen-bond acceptors (Lipinski definition) is 2. The van der Waals surface area contributed by atoms with Gasteiger partial charge in [0.2, 0.25) is 0 Å². The summed E-state index contributed by atoms with van der Waals surface area (Å²) in [5.74, 6) is 0.119. The molecule has 1 aliphatic rings. The summed E-state index contributed by atoms with van der Waals surface area (Å²) in [5.41, 5.74) is 3.10. The molecular weight excluding hydrogens is 262 g/mol. The van der Waals surface area contributed by atoms with Crippen LogP contribution in [-0.4, -0.2) is 35.0 Å². The van der Waals surface area contributed by atoms with Gasteiger partial charge < -0.3 is 14.8 Å². The summed E-state index contributed by atoms with van der Waals surface area (Å²) in [6.07, 6.45) is 0. The number of rotatable bonds is 2. The Morgan fingerprint density at radius 3 is 2.62 bits per heavy atom. The van der Waals surface area contributed by atoms with Gasteiger partial charge in [-0.05, 0) is 24.6 Å². The van der Waals surface area contributed by atoms with E-state index in [0.717, 1.165) is 24.5 Å². The third-order valence-electron chi connectivity index (χ3n) is 4.26. The van der Waals surface area contributed by atoms with Crippen molar-refractivity contribution in [2.45, 2.75) is 13.0 Å². The molecule has 1 N–H and O–H groups in total. The second kappa shape index (κ2) is 5.74. The van der Waals surface area contributed by atoms with Crippen LogP contribution in [0.5, 0.6) is 0 Å². The molecule has 1 aliphatic heterocycles. The van der Waals surface area contributed by atoms with Crippen LogP contribution >= 0.6 is 0 Å². The van der Waals surface area contributed by atoms with Crippen molar-refractivity contribution in [2.75, 3.05) is 19.6 Å². The minimum absolute atomic E-state index is 0.119. The van der Waals surface area contributed by atoms with Crippen LogP contribution in [0.4, 0.5) is 0 Å². The van der Waals surface area contributed by atoms with Gasteiger partial charge in [0.05, 0.1) is 0 Å². The number of amides is 1. The SMILES string of the molecule is Cc1ccc(C(=O)N2CCN[C@H](c3ccccc3)C2)n1C. The van der Waals surface area contributed by atoms with E-state index < -0.39 is 0 Å². The Balaban J connectivity index is 1.77. The van der Waals surface area contributed by atoms with Crippen molar-refractivity contribution in [1.82, 2.24) is 14.8 Å².